The number of carbonyl (C=O) groups is 3. The highest BCUT2D eigenvalue weighted by Gasteiger charge is 2.35. The molecule has 0 unspecified atom stereocenters. The van der Waals surface area contributed by atoms with E-state index in [0.717, 1.165) is 44.9 Å². The molecule has 0 radical (unpaired) electrons. The van der Waals surface area contributed by atoms with Crippen molar-refractivity contribution in [3.63, 3.8) is 0 Å². The van der Waals surface area contributed by atoms with Gasteiger partial charge in [-0.2, -0.15) is 0 Å². The van der Waals surface area contributed by atoms with Gasteiger partial charge in [-0.1, -0.05) is 125 Å². The Morgan fingerprint density at radius 2 is 1.27 bits per heavy atom. The highest BCUT2D eigenvalue weighted by molar-refractivity contribution is 14.1. The van der Waals surface area contributed by atoms with Gasteiger partial charge in [-0.3, -0.25) is 14.4 Å². The largest absolute Gasteiger partial charge is 0.465 e. The first kappa shape index (κ1) is 38.0. The lowest BCUT2D eigenvalue weighted by atomic mass is 9.80. The van der Waals surface area contributed by atoms with Gasteiger partial charge in [0, 0.05) is 34.6 Å². The summed E-state index contributed by atoms with van der Waals surface area (Å²) in [6.07, 6.45) is 28.9. The summed E-state index contributed by atoms with van der Waals surface area (Å²) < 4.78 is 6.13. The van der Waals surface area contributed by atoms with Crippen LogP contribution >= 0.6 is 22.6 Å². The molecule has 0 rings (SSSR count). The molecule has 0 aliphatic heterocycles. The molecule has 5 nitrogen and oxygen atoms in total. The lowest BCUT2D eigenvalue weighted by Gasteiger charge is -2.31. The van der Waals surface area contributed by atoms with Crippen molar-refractivity contribution in [3.8, 4) is 0 Å². The number of ether oxygens (including phenoxy) is 1. The molecule has 0 aromatic heterocycles. The summed E-state index contributed by atoms with van der Waals surface area (Å²) in [5.74, 6) is -0.525. The van der Waals surface area contributed by atoms with E-state index >= 15 is 0 Å². The van der Waals surface area contributed by atoms with Crippen LogP contribution in [-0.2, 0) is 19.1 Å². The predicted molar refractivity (Wildman–Crippen MR) is 178 cm³/mol. The number of rotatable bonds is 21. The molecule has 0 aliphatic carbocycles. The molecule has 0 aromatic rings. The second-order valence-electron chi connectivity index (χ2n) is 11.7. The van der Waals surface area contributed by atoms with Gasteiger partial charge in [0.25, 0.3) is 0 Å². The zero-order valence-corrected chi connectivity index (χ0v) is 28.0. The summed E-state index contributed by atoms with van der Waals surface area (Å²) >= 11 is 2.19. The van der Waals surface area contributed by atoms with Gasteiger partial charge in [-0.15, -0.1) is 0 Å². The average Bonchev–Trinajstić information content (AvgIpc) is 2.89. The van der Waals surface area contributed by atoms with Crippen LogP contribution in [0.25, 0.3) is 0 Å². The molecule has 1 atom stereocenters. The van der Waals surface area contributed by atoms with Crippen molar-refractivity contribution in [2.24, 2.45) is 16.7 Å². The number of alkyl halides is 1. The highest BCUT2D eigenvalue weighted by atomic mass is 127. The van der Waals surface area contributed by atoms with Crippen molar-refractivity contribution >= 4 is 40.3 Å². The average molecular weight is 668 g/mol. The number of ketones is 1. The Kier molecular flexibility index (Phi) is 21.6. The smallest absolute Gasteiger partial charge is 0.305 e. The molecule has 1 amide bonds. The third-order valence-corrected chi connectivity index (χ3v) is 7.30. The van der Waals surface area contributed by atoms with Crippen molar-refractivity contribution < 1.29 is 19.1 Å². The zero-order valence-electron chi connectivity index (χ0n) is 25.8. The van der Waals surface area contributed by atoms with Gasteiger partial charge in [-0.25, -0.2) is 0 Å². The molecule has 226 valence electrons. The standard InChI is InChI=1S/C34H54INO4/c1-7-8-9-10-11-12-13-14-15-16-17-18-19-20-21-22-23-24-31(38)40-28-34(5,6)29(27-35)32(39)36-26-25-30(37)33(2,3)4/h8-9,11-12,14-15,17-18,20-21,29H,7,10,13,16,19,22-28H2,1-6H3,(H,36,39)/b9-8-,12-11-,15-14-,18-17-,21-20-/t29-/m0/s1. The van der Waals surface area contributed by atoms with E-state index in [9.17, 15) is 14.4 Å². The molecule has 0 saturated heterocycles. The normalized spacial score (nSPS) is 13.8. The van der Waals surface area contributed by atoms with Crippen molar-refractivity contribution in [2.75, 3.05) is 17.6 Å². The molecule has 1 N–H and O–H groups in total. The maximum absolute atomic E-state index is 12.8. The summed E-state index contributed by atoms with van der Waals surface area (Å²) in [6, 6.07) is 0. The topological polar surface area (TPSA) is 72.5 Å². The van der Waals surface area contributed by atoms with Gasteiger partial charge in [-0.05, 0) is 44.9 Å². The Morgan fingerprint density at radius 3 is 1.75 bits per heavy atom. The minimum absolute atomic E-state index is 0.101. The van der Waals surface area contributed by atoms with Gasteiger partial charge in [0.2, 0.25) is 5.91 Å². The molecule has 0 saturated carbocycles. The first-order chi connectivity index (χ1) is 19.0. The third kappa shape index (κ3) is 20.0. The lowest BCUT2D eigenvalue weighted by Crippen LogP contribution is -2.43. The van der Waals surface area contributed by atoms with Crippen molar-refractivity contribution in [3.05, 3.63) is 60.8 Å². The zero-order chi connectivity index (χ0) is 30.3. The van der Waals surface area contributed by atoms with Crippen LogP contribution in [0, 0.1) is 16.7 Å². The van der Waals surface area contributed by atoms with Crippen LogP contribution in [0.5, 0.6) is 0 Å². The molecule has 0 bridgehead atoms. The number of hydrogen-bond acceptors (Lipinski definition) is 4. The molecule has 40 heavy (non-hydrogen) atoms. The van der Waals surface area contributed by atoms with E-state index < -0.39 is 10.8 Å². The maximum Gasteiger partial charge on any atom is 0.305 e. The number of esters is 1. The number of allylic oxidation sites excluding steroid dienone is 10. The van der Waals surface area contributed by atoms with E-state index in [4.69, 9.17) is 4.74 Å². The van der Waals surface area contributed by atoms with E-state index in [1.807, 2.05) is 34.6 Å². The van der Waals surface area contributed by atoms with Crippen LogP contribution in [0.4, 0.5) is 0 Å². The summed E-state index contributed by atoms with van der Waals surface area (Å²) in [6.45, 7) is 12.2. The van der Waals surface area contributed by atoms with E-state index in [0.29, 0.717) is 23.8 Å². The Labute approximate surface area is 258 Å². The summed E-state index contributed by atoms with van der Waals surface area (Å²) in [4.78, 5) is 37.1. The number of nitrogens with one attached hydrogen (secondary N) is 1. The van der Waals surface area contributed by atoms with Crippen LogP contribution < -0.4 is 5.32 Å². The molecular weight excluding hydrogens is 613 g/mol. The maximum atomic E-state index is 12.8. The molecule has 6 heteroatoms. The minimum Gasteiger partial charge on any atom is -0.465 e. The van der Waals surface area contributed by atoms with Crippen LogP contribution in [0.2, 0.25) is 0 Å². The first-order valence-corrected chi connectivity index (χ1v) is 16.3. The monoisotopic (exact) mass is 667 g/mol. The van der Waals surface area contributed by atoms with E-state index in [-0.39, 0.29) is 30.2 Å². The van der Waals surface area contributed by atoms with Crippen LogP contribution in [0.3, 0.4) is 0 Å². The third-order valence-electron chi connectivity index (χ3n) is 6.42. The number of carbonyl (C=O) groups excluding carboxylic acids is 3. The van der Waals surface area contributed by atoms with Crippen LogP contribution in [0.1, 0.15) is 99.3 Å². The first-order valence-electron chi connectivity index (χ1n) is 14.7. The van der Waals surface area contributed by atoms with E-state index in [2.05, 4.69) is 95.6 Å². The van der Waals surface area contributed by atoms with Gasteiger partial charge in [0.05, 0.1) is 12.5 Å². The molecule has 0 aliphatic rings. The number of unbranched alkanes of at least 4 members (excludes halogenated alkanes) is 1. The van der Waals surface area contributed by atoms with E-state index in [1.165, 1.54) is 0 Å². The Balaban J connectivity index is 4.14. The number of halogens is 1. The fraction of sp³-hybridized carbons (Fsp3) is 0.618. The van der Waals surface area contributed by atoms with Gasteiger partial charge in [0.1, 0.15) is 5.78 Å². The number of Topliss-reactive ketones (excluding diaryl/α,β-unsaturated/α-hetero) is 1. The SMILES string of the molecule is CC/C=C\C/C=C\C/C=C\C/C=C\C/C=C\CCCC(=O)OCC(C)(C)[C@@H](CI)C(=O)NCCC(=O)C(C)(C)C. The molecule has 0 fully saturated rings. The lowest BCUT2D eigenvalue weighted by molar-refractivity contribution is -0.149. The van der Waals surface area contributed by atoms with Crippen LogP contribution in [-0.4, -0.2) is 35.2 Å². The predicted octanol–water partition coefficient (Wildman–Crippen LogP) is 8.65. The summed E-state index contributed by atoms with van der Waals surface area (Å²) in [5.41, 5.74) is -0.909. The summed E-state index contributed by atoms with van der Waals surface area (Å²) in [7, 11) is 0. The minimum atomic E-state index is -0.501. The van der Waals surface area contributed by atoms with Gasteiger partial charge >= 0.3 is 5.97 Å². The van der Waals surface area contributed by atoms with Crippen molar-refractivity contribution in [1.82, 2.24) is 5.32 Å². The highest BCUT2D eigenvalue weighted by Crippen LogP contribution is 2.29. The van der Waals surface area contributed by atoms with Crippen molar-refractivity contribution in [1.29, 1.82) is 0 Å². The molecule has 0 aromatic carbocycles. The Morgan fingerprint density at radius 1 is 0.775 bits per heavy atom. The Hall–Kier alpha value is -1.96. The van der Waals surface area contributed by atoms with E-state index in [1.54, 1.807) is 0 Å². The van der Waals surface area contributed by atoms with Crippen LogP contribution in [0.15, 0.2) is 60.8 Å². The van der Waals surface area contributed by atoms with Crippen molar-refractivity contribution in [2.45, 2.75) is 99.3 Å². The number of hydrogen-bond donors (Lipinski definition) is 1. The quantitative estimate of drug-likeness (QED) is 0.0437. The second-order valence-corrected chi connectivity index (χ2v) is 12.6. The number of amides is 1. The molecule has 0 spiro atoms. The Bertz CT molecular complexity index is 875. The van der Waals surface area contributed by atoms with Gasteiger partial charge < -0.3 is 10.1 Å². The molecular formula is C34H54INO4. The fourth-order valence-electron chi connectivity index (χ4n) is 3.60. The second kappa shape index (κ2) is 22.7. The van der Waals surface area contributed by atoms with Gasteiger partial charge in [0.15, 0.2) is 0 Å². The fourth-order valence-corrected chi connectivity index (χ4v) is 5.20. The molecule has 0 heterocycles. The summed E-state index contributed by atoms with van der Waals surface area (Å²) in [5, 5.41) is 2.89.